The molecule has 41 heavy (non-hydrogen) atoms. The molecule has 4 rings (SSSR count). The van der Waals surface area contributed by atoms with Crippen molar-refractivity contribution in [2.45, 2.75) is 27.7 Å². The molecule has 0 atom stereocenters. The van der Waals surface area contributed by atoms with Gasteiger partial charge in [0.05, 0.1) is 33.9 Å². The van der Waals surface area contributed by atoms with Crippen molar-refractivity contribution in [2.24, 2.45) is 0 Å². The normalized spacial score (nSPS) is 9.85. The van der Waals surface area contributed by atoms with Crippen LogP contribution >= 0.6 is 0 Å². The van der Waals surface area contributed by atoms with Crippen LogP contribution in [-0.4, -0.2) is 55.0 Å². The van der Waals surface area contributed by atoms with Gasteiger partial charge in [-0.25, -0.2) is 9.59 Å². The number of nitrogens with zero attached hydrogens (tertiary/aromatic N) is 4. The van der Waals surface area contributed by atoms with E-state index in [1.807, 2.05) is 0 Å². The van der Waals surface area contributed by atoms with E-state index in [-0.39, 0.29) is 28.2 Å². The van der Waals surface area contributed by atoms with Crippen LogP contribution in [0.1, 0.15) is 43.5 Å². The Morgan fingerprint density at radius 3 is 1.15 bits per heavy atom. The molecule has 1 radical (unpaired) electrons. The summed E-state index contributed by atoms with van der Waals surface area (Å²) >= 11 is 0. The van der Waals surface area contributed by atoms with E-state index in [9.17, 15) is 19.2 Å². The van der Waals surface area contributed by atoms with E-state index < -0.39 is 11.9 Å². The summed E-state index contributed by atoms with van der Waals surface area (Å²) in [6.07, 6.45) is 0. The molecule has 0 spiro atoms. The number of carboxylic acid groups (broad SMARTS) is 2. The minimum atomic E-state index is -1.03. The Balaban J connectivity index is 0.000000280. The molecule has 13 heteroatoms. The number of carbonyl (C=O) groups excluding carboxylic acids is 2. The predicted molar refractivity (Wildman–Crippen MR) is 141 cm³/mol. The smallest absolute Gasteiger partial charge is 0.335 e. The second-order valence-electron chi connectivity index (χ2n) is 8.46. The molecular formula is C28H24CuN4O8. The SMILES string of the molecule is Cc1cc(OC=O)cc(-c2cc(C(=O)O)cc(C)n2)n1.Cc1cc(OC=O)cc(-c2cc(C(=O)O)cc(C)n2)n1.[Cu]. The molecule has 0 unspecified atom stereocenters. The molecule has 0 aliphatic carbocycles. The van der Waals surface area contributed by atoms with Crippen LogP contribution in [0.5, 0.6) is 11.5 Å². The molecule has 215 valence electrons. The molecule has 4 aromatic rings. The zero-order valence-electron chi connectivity index (χ0n) is 22.2. The van der Waals surface area contributed by atoms with Gasteiger partial charge in [-0.05, 0) is 52.0 Å². The van der Waals surface area contributed by atoms with Crippen molar-refractivity contribution in [3.63, 3.8) is 0 Å². The first-order chi connectivity index (χ1) is 19.0. The van der Waals surface area contributed by atoms with Crippen molar-refractivity contribution in [3.05, 3.63) is 82.4 Å². The molecule has 0 aromatic carbocycles. The van der Waals surface area contributed by atoms with Crippen molar-refractivity contribution >= 4 is 24.9 Å². The Morgan fingerprint density at radius 1 is 0.561 bits per heavy atom. The van der Waals surface area contributed by atoms with Gasteiger partial charge in [-0.15, -0.1) is 0 Å². The van der Waals surface area contributed by atoms with Crippen LogP contribution in [0, 0.1) is 27.7 Å². The number of pyridine rings is 4. The molecule has 4 heterocycles. The maximum absolute atomic E-state index is 11.1. The van der Waals surface area contributed by atoms with Gasteiger partial charge in [0.1, 0.15) is 11.5 Å². The fourth-order valence-electron chi connectivity index (χ4n) is 3.63. The molecule has 0 fully saturated rings. The van der Waals surface area contributed by atoms with Crippen LogP contribution in [0.15, 0.2) is 48.5 Å². The average Bonchev–Trinajstić information content (AvgIpc) is 2.88. The minimum absolute atomic E-state index is 0. The van der Waals surface area contributed by atoms with Gasteiger partial charge in [0.2, 0.25) is 0 Å². The molecule has 0 amide bonds. The fraction of sp³-hybridized carbons (Fsp3) is 0.143. The average molecular weight is 608 g/mol. The van der Waals surface area contributed by atoms with Gasteiger partial charge in [-0.2, -0.15) is 0 Å². The molecule has 2 N–H and O–H groups in total. The first kappa shape index (κ1) is 32.2. The van der Waals surface area contributed by atoms with E-state index in [1.54, 1.807) is 39.8 Å². The van der Waals surface area contributed by atoms with E-state index in [2.05, 4.69) is 19.9 Å². The van der Waals surface area contributed by atoms with Crippen molar-refractivity contribution in [1.29, 1.82) is 0 Å². The number of hydrogen-bond acceptors (Lipinski definition) is 10. The summed E-state index contributed by atoms with van der Waals surface area (Å²) in [7, 11) is 0. The summed E-state index contributed by atoms with van der Waals surface area (Å²) in [5.74, 6) is -1.40. The molecule has 0 bridgehead atoms. The number of aryl methyl sites for hydroxylation is 4. The van der Waals surface area contributed by atoms with Crippen molar-refractivity contribution in [3.8, 4) is 34.3 Å². The standard InChI is InChI=1S/2C14H12N2O4.Cu/c2*1-8-3-10(14(18)19)5-12(15-8)13-6-11(20-7-17)4-9(2)16-13;/h2*3-7H,1-2H3,(H,18,19);. The third-order valence-electron chi connectivity index (χ3n) is 5.15. The Morgan fingerprint density at radius 2 is 0.854 bits per heavy atom. The largest absolute Gasteiger partial charge is 0.478 e. The quantitative estimate of drug-likeness (QED) is 0.218. The first-order valence-corrected chi connectivity index (χ1v) is 11.6. The van der Waals surface area contributed by atoms with E-state index in [4.69, 9.17) is 19.7 Å². The zero-order valence-corrected chi connectivity index (χ0v) is 23.1. The van der Waals surface area contributed by atoms with Crippen molar-refractivity contribution in [2.75, 3.05) is 0 Å². The van der Waals surface area contributed by atoms with Gasteiger partial charge in [0.25, 0.3) is 12.9 Å². The molecular weight excluding hydrogens is 584 g/mol. The molecule has 12 nitrogen and oxygen atoms in total. The van der Waals surface area contributed by atoms with Crippen LogP contribution in [0.25, 0.3) is 22.8 Å². The van der Waals surface area contributed by atoms with Crippen LogP contribution < -0.4 is 9.47 Å². The topological polar surface area (TPSA) is 179 Å². The van der Waals surface area contributed by atoms with Gasteiger partial charge in [0.15, 0.2) is 0 Å². The summed E-state index contributed by atoms with van der Waals surface area (Å²) in [5, 5.41) is 18.1. The molecule has 0 saturated heterocycles. The summed E-state index contributed by atoms with van der Waals surface area (Å²) < 4.78 is 9.58. The van der Waals surface area contributed by atoms with Gasteiger partial charge < -0.3 is 19.7 Å². The number of carbonyl (C=O) groups is 4. The van der Waals surface area contributed by atoms with E-state index in [1.165, 1.54) is 36.4 Å². The molecule has 0 aliphatic rings. The Labute approximate surface area is 244 Å². The van der Waals surface area contributed by atoms with Gasteiger partial charge in [0, 0.05) is 64.1 Å². The maximum atomic E-state index is 11.1. The summed E-state index contributed by atoms with van der Waals surface area (Å²) in [6, 6.07) is 12.1. The number of aromatic nitrogens is 4. The summed E-state index contributed by atoms with van der Waals surface area (Å²) in [6.45, 7) is 7.54. The van der Waals surface area contributed by atoms with E-state index in [0.717, 1.165) is 0 Å². The van der Waals surface area contributed by atoms with E-state index in [0.29, 0.717) is 70.0 Å². The maximum Gasteiger partial charge on any atom is 0.335 e. The Hall–Kier alpha value is -5.00. The molecule has 0 saturated carbocycles. The van der Waals surface area contributed by atoms with Crippen LogP contribution in [-0.2, 0) is 26.7 Å². The first-order valence-electron chi connectivity index (χ1n) is 11.6. The van der Waals surface area contributed by atoms with E-state index >= 15 is 0 Å². The van der Waals surface area contributed by atoms with Gasteiger partial charge in [-0.1, -0.05) is 0 Å². The van der Waals surface area contributed by atoms with Crippen LogP contribution in [0.4, 0.5) is 0 Å². The number of hydrogen-bond donors (Lipinski definition) is 2. The second kappa shape index (κ2) is 14.4. The fourth-order valence-corrected chi connectivity index (χ4v) is 3.63. The van der Waals surface area contributed by atoms with Crippen molar-refractivity contribution < 1.29 is 55.9 Å². The Bertz CT molecular complexity index is 1490. The van der Waals surface area contributed by atoms with Gasteiger partial charge in [-0.3, -0.25) is 29.5 Å². The monoisotopic (exact) mass is 607 g/mol. The molecule has 4 aromatic heterocycles. The third-order valence-corrected chi connectivity index (χ3v) is 5.15. The minimum Gasteiger partial charge on any atom is -0.478 e. The second-order valence-corrected chi connectivity index (χ2v) is 8.46. The summed E-state index contributed by atoms with van der Waals surface area (Å²) in [5.41, 5.74) is 4.42. The number of aromatic carboxylic acids is 2. The Kier molecular flexibility index (Phi) is 11.3. The number of ether oxygens (including phenoxy) is 2. The predicted octanol–water partition coefficient (Wildman–Crippen LogP) is 3.99. The van der Waals surface area contributed by atoms with Crippen LogP contribution in [0.2, 0.25) is 0 Å². The number of carboxylic acids is 2. The molecule has 0 aliphatic heterocycles. The third kappa shape index (κ3) is 9.02. The zero-order chi connectivity index (χ0) is 29.4. The van der Waals surface area contributed by atoms with Crippen LogP contribution in [0.3, 0.4) is 0 Å². The van der Waals surface area contributed by atoms with Gasteiger partial charge >= 0.3 is 11.9 Å². The number of rotatable bonds is 8. The van der Waals surface area contributed by atoms with Crippen molar-refractivity contribution in [1.82, 2.24) is 19.9 Å². The summed E-state index contributed by atoms with van der Waals surface area (Å²) in [4.78, 5) is 60.0.